The topological polar surface area (TPSA) is 9.86 Å². The summed E-state index contributed by atoms with van der Waals surface area (Å²) in [4.78, 5) is 0. The first-order valence-corrected chi connectivity index (χ1v) is 15.9. The minimum Gasteiger partial charge on any atom is -0.337 e. The summed E-state index contributed by atoms with van der Waals surface area (Å²) in [5.41, 5.74) is 13.0. The molecule has 0 N–H and O–H groups in total. The van der Waals surface area contributed by atoms with Gasteiger partial charge in [0.25, 0.3) is 0 Å². The first-order chi connectivity index (χ1) is 21.3. The van der Waals surface area contributed by atoms with Crippen molar-refractivity contribution in [1.29, 1.82) is 0 Å². The molecule has 8 aromatic rings. The fourth-order valence-corrected chi connectivity index (χ4v) is 7.80. The number of fused-ring (bicyclic) bond motifs is 8. The Kier molecular flexibility index (Phi) is 6.00. The van der Waals surface area contributed by atoms with Crippen LogP contribution in [-0.4, -0.2) is 9.13 Å². The van der Waals surface area contributed by atoms with Crippen LogP contribution in [0.1, 0.15) is 56.3 Å². The molecule has 0 bridgehead atoms. The lowest BCUT2D eigenvalue weighted by atomic mass is 9.94. The van der Waals surface area contributed by atoms with Crippen LogP contribution in [0.15, 0.2) is 109 Å². The predicted molar refractivity (Wildman–Crippen MR) is 191 cm³/mol. The van der Waals surface area contributed by atoms with Crippen molar-refractivity contribution in [2.24, 2.45) is 0 Å². The van der Waals surface area contributed by atoms with E-state index in [2.05, 4.69) is 160 Å². The summed E-state index contributed by atoms with van der Waals surface area (Å²) >= 11 is 0. The van der Waals surface area contributed by atoms with Gasteiger partial charge in [0, 0.05) is 49.9 Å². The van der Waals surface area contributed by atoms with Gasteiger partial charge in [0.15, 0.2) is 0 Å². The molecule has 8 rings (SSSR count). The molecule has 44 heavy (non-hydrogen) atoms. The first-order valence-electron chi connectivity index (χ1n) is 15.9. The maximum absolute atomic E-state index is 2.56. The van der Waals surface area contributed by atoms with Crippen LogP contribution in [0, 0.1) is 13.8 Å². The third-order valence-electron chi connectivity index (χ3n) is 9.66. The van der Waals surface area contributed by atoms with E-state index in [0.29, 0.717) is 12.0 Å². The van der Waals surface area contributed by atoms with Gasteiger partial charge in [0.1, 0.15) is 0 Å². The molecule has 0 saturated heterocycles. The molecular formula is C42H38N2. The lowest BCUT2D eigenvalue weighted by Gasteiger charge is -2.19. The van der Waals surface area contributed by atoms with Gasteiger partial charge in [-0.25, -0.2) is 0 Å². The van der Waals surface area contributed by atoms with Crippen LogP contribution >= 0.6 is 0 Å². The van der Waals surface area contributed by atoms with Gasteiger partial charge in [-0.1, -0.05) is 105 Å². The predicted octanol–water partition coefficient (Wildman–Crippen LogP) is 12.0. The van der Waals surface area contributed by atoms with Gasteiger partial charge in [-0.2, -0.15) is 0 Å². The number of hydrogen-bond donors (Lipinski definition) is 0. The SMILES string of the molecule is Cc1cc(-n2c3ccc4ccccc4c3c3cccc(-c4cccc5c6ccccc6n(C(C)C)c45)c32)c(C)cc1C(C)C. The Morgan fingerprint density at radius 2 is 1.18 bits per heavy atom. The van der Waals surface area contributed by atoms with Crippen molar-refractivity contribution < 1.29 is 0 Å². The summed E-state index contributed by atoms with van der Waals surface area (Å²) in [6.45, 7) is 13.7. The lowest BCUT2D eigenvalue weighted by molar-refractivity contribution is 0.642. The molecule has 0 fully saturated rings. The van der Waals surface area contributed by atoms with Crippen molar-refractivity contribution in [3.63, 3.8) is 0 Å². The Morgan fingerprint density at radius 3 is 1.93 bits per heavy atom. The van der Waals surface area contributed by atoms with Gasteiger partial charge < -0.3 is 9.13 Å². The quantitative estimate of drug-likeness (QED) is 0.199. The van der Waals surface area contributed by atoms with Crippen molar-refractivity contribution in [3.8, 4) is 16.8 Å². The molecule has 0 unspecified atom stereocenters. The summed E-state index contributed by atoms with van der Waals surface area (Å²) in [7, 11) is 0. The van der Waals surface area contributed by atoms with Crippen LogP contribution in [0.25, 0.3) is 71.2 Å². The molecular weight excluding hydrogens is 532 g/mol. The van der Waals surface area contributed by atoms with Gasteiger partial charge in [-0.05, 0) is 79.3 Å². The van der Waals surface area contributed by atoms with Gasteiger partial charge in [0.05, 0.1) is 16.6 Å². The van der Waals surface area contributed by atoms with Crippen molar-refractivity contribution in [2.75, 3.05) is 0 Å². The zero-order valence-corrected chi connectivity index (χ0v) is 26.4. The molecule has 2 nitrogen and oxygen atoms in total. The van der Waals surface area contributed by atoms with E-state index in [1.807, 2.05) is 0 Å². The second-order valence-electron chi connectivity index (χ2n) is 13.1. The highest BCUT2D eigenvalue weighted by molar-refractivity contribution is 6.24. The van der Waals surface area contributed by atoms with E-state index in [4.69, 9.17) is 0 Å². The number of hydrogen-bond acceptors (Lipinski definition) is 0. The molecule has 0 amide bonds. The molecule has 2 heterocycles. The number of aryl methyl sites for hydroxylation is 2. The molecule has 0 saturated carbocycles. The molecule has 2 heteroatoms. The standard InChI is InChI=1S/C42H38N2/c1-25(2)36-23-28(6)39(24-27(36)5)44-38-22-21-29-13-7-8-14-30(29)40(38)35-19-12-18-34(42(35)44)33-17-11-16-32-31-15-9-10-20-37(31)43(26(3)4)41(32)33/h7-26H,1-6H3. The normalized spacial score (nSPS) is 12.3. The van der Waals surface area contributed by atoms with Crippen molar-refractivity contribution >= 4 is 54.4 Å². The zero-order valence-electron chi connectivity index (χ0n) is 26.4. The average Bonchev–Trinajstić information content (AvgIpc) is 3.55. The van der Waals surface area contributed by atoms with Crippen LogP contribution < -0.4 is 0 Å². The Morgan fingerprint density at radius 1 is 0.523 bits per heavy atom. The maximum Gasteiger partial charge on any atom is 0.0620 e. The number of para-hydroxylation sites is 3. The number of nitrogens with zero attached hydrogens (tertiary/aromatic N) is 2. The van der Waals surface area contributed by atoms with Gasteiger partial charge in [-0.15, -0.1) is 0 Å². The monoisotopic (exact) mass is 570 g/mol. The Hall–Kier alpha value is -4.82. The number of rotatable bonds is 4. The van der Waals surface area contributed by atoms with Crippen molar-refractivity contribution in [1.82, 2.24) is 9.13 Å². The second-order valence-corrected chi connectivity index (χ2v) is 13.1. The summed E-state index contributed by atoms with van der Waals surface area (Å²) in [5.74, 6) is 0.482. The maximum atomic E-state index is 2.56. The van der Waals surface area contributed by atoms with Crippen LogP contribution in [0.4, 0.5) is 0 Å². The van der Waals surface area contributed by atoms with E-state index in [0.717, 1.165) is 0 Å². The second kappa shape index (κ2) is 9.86. The largest absolute Gasteiger partial charge is 0.337 e. The Bertz CT molecular complexity index is 2410. The highest BCUT2D eigenvalue weighted by Gasteiger charge is 2.23. The van der Waals surface area contributed by atoms with E-state index in [-0.39, 0.29) is 0 Å². The minimum absolute atomic E-state index is 0.320. The molecule has 0 atom stereocenters. The fourth-order valence-electron chi connectivity index (χ4n) is 7.80. The Balaban J connectivity index is 1.59. The third-order valence-corrected chi connectivity index (χ3v) is 9.66. The molecule has 2 aromatic heterocycles. The molecule has 0 aliphatic rings. The van der Waals surface area contributed by atoms with Crippen LogP contribution in [-0.2, 0) is 0 Å². The van der Waals surface area contributed by atoms with E-state index in [1.54, 1.807) is 0 Å². The molecule has 0 aliphatic carbocycles. The lowest BCUT2D eigenvalue weighted by Crippen LogP contribution is -2.03. The van der Waals surface area contributed by atoms with Gasteiger partial charge >= 0.3 is 0 Å². The summed E-state index contributed by atoms with van der Waals surface area (Å²) < 4.78 is 5.09. The third kappa shape index (κ3) is 3.73. The van der Waals surface area contributed by atoms with Crippen molar-refractivity contribution in [2.45, 2.75) is 53.5 Å². The van der Waals surface area contributed by atoms with Crippen LogP contribution in [0.5, 0.6) is 0 Å². The van der Waals surface area contributed by atoms with Crippen molar-refractivity contribution in [3.05, 3.63) is 126 Å². The minimum atomic E-state index is 0.320. The average molecular weight is 571 g/mol. The molecule has 0 spiro atoms. The number of aromatic nitrogens is 2. The van der Waals surface area contributed by atoms with Gasteiger partial charge in [0.2, 0.25) is 0 Å². The first kappa shape index (κ1) is 26.8. The Labute approximate surface area is 259 Å². The summed E-state index contributed by atoms with van der Waals surface area (Å²) in [6.07, 6.45) is 0. The summed E-state index contributed by atoms with van der Waals surface area (Å²) in [6, 6.07) is 41.2. The molecule has 216 valence electrons. The molecule has 0 aliphatic heterocycles. The number of benzene rings is 6. The van der Waals surface area contributed by atoms with Gasteiger partial charge in [-0.3, -0.25) is 0 Å². The summed E-state index contributed by atoms with van der Waals surface area (Å²) in [5, 5.41) is 7.81. The van der Waals surface area contributed by atoms with Crippen LogP contribution in [0.2, 0.25) is 0 Å². The zero-order chi connectivity index (χ0) is 30.3. The van der Waals surface area contributed by atoms with Crippen LogP contribution in [0.3, 0.4) is 0 Å². The fraction of sp³-hybridized carbons (Fsp3) is 0.190. The van der Waals surface area contributed by atoms with E-state index < -0.39 is 0 Å². The van der Waals surface area contributed by atoms with E-state index in [1.165, 1.54) is 87.9 Å². The van der Waals surface area contributed by atoms with E-state index in [9.17, 15) is 0 Å². The molecule has 6 aromatic carbocycles. The van der Waals surface area contributed by atoms with E-state index >= 15 is 0 Å². The molecule has 0 radical (unpaired) electrons. The highest BCUT2D eigenvalue weighted by Crippen LogP contribution is 2.45. The highest BCUT2D eigenvalue weighted by atomic mass is 15.0. The smallest absolute Gasteiger partial charge is 0.0620 e.